The quantitative estimate of drug-likeness (QED) is 0.576. The van der Waals surface area contributed by atoms with Crippen LogP contribution in [-0.4, -0.2) is 68.8 Å². The zero-order valence-corrected chi connectivity index (χ0v) is 16.2. The highest BCUT2D eigenvalue weighted by molar-refractivity contribution is 7.11. The minimum atomic E-state index is 0.502. The second-order valence-electron chi connectivity index (χ2n) is 6.24. The molecule has 0 bridgehead atoms. The summed E-state index contributed by atoms with van der Waals surface area (Å²) >= 11 is 1.79. The van der Waals surface area contributed by atoms with E-state index in [2.05, 4.69) is 39.4 Å². The van der Waals surface area contributed by atoms with Gasteiger partial charge in [-0.2, -0.15) is 0 Å². The number of methoxy groups -OCH3 is 1. The number of hydrogen-bond acceptors (Lipinski definition) is 5. The molecule has 7 heteroatoms. The molecule has 1 aromatic rings. The second-order valence-corrected chi connectivity index (χ2v) is 7.53. The monoisotopic (exact) mass is 353 g/mol. The van der Waals surface area contributed by atoms with E-state index in [1.54, 1.807) is 18.4 Å². The van der Waals surface area contributed by atoms with Crippen LogP contribution in [0, 0.1) is 13.8 Å². The summed E-state index contributed by atoms with van der Waals surface area (Å²) in [5.74, 6) is 0.907. The van der Waals surface area contributed by atoms with E-state index in [9.17, 15) is 0 Å². The molecule has 0 aromatic carbocycles. The number of hydrogen-bond donors (Lipinski definition) is 2. The number of aliphatic imine (C=N–C) groups is 1. The molecule has 0 unspecified atom stereocenters. The molecular formula is C17H31N5OS. The Labute approximate surface area is 149 Å². The van der Waals surface area contributed by atoms with Gasteiger partial charge in [0.25, 0.3) is 0 Å². The number of ether oxygens (including phenoxy) is 1. The standard InChI is InChI=1S/C17H31N5OS/c1-13-16(24-14(2)20-13)5-8-19-17(18-3)21-15-6-9-22(10-7-15)11-12-23-4/h15H,5-12H2,1-4H3,(H2,18,19,21). The van der Waals surface area contributed by atoms with E-state index in [1.807, 2.05) is 7.05 Å². The van der Waals surface area contributed by atoms with E-state index in [1.165, 1.54) is 4.88 Å². The molecule has 2 rings (SSSR count). The van der Waals surface area contributed by atoms with Gasteiger partial charge in [0.2, 0.25) is 0 Å². The largest absolute Gasteiger partial charge is 0.383 e. The van der Waals surface area contributed by atoms with E-state index < -0.39 is 0 Å². The highest BCUT2D eigenvalue weighted by Gasteiger charge is 2.19. The third-order valence-electron chi connectivity index (χ3n) is 4.41. The number of thiazole rings is 1. The van der Waals surface area contributed by atoms with Crippen LogP contribution < -0.4 is 10.6 Å². The van der Waals surface area contributed by atoms with Crippen LogP contribution in [0.3, 0.4) is 0 Å². The number of aromatic nitrogens is 1. The van der Waals surface area contributed by atoms with Crippen LogP contribution in [0.2, 0.25) is 0 Å². The lowest BCUT2D eigenvalue weighted by Crippen LogP contribution is -2.49. The molecule has 1 saturated heterocycles. The van der Waals surface area contributed by atoms with Gasteiger partial charge in [-0.15, -0.1) is 11.3 Å². The van der Waals surface area contributed by atoms with E-state index in [0.717, 1.165) is 68.7 Å². The maximum Gasteiger partial charge on any atom is 0.191 e. The number of aryl methyl sites for hydroxylation is 2. The molecule has 0 radical (unpaired) electrons. The molecule has 1 fully saturated rings. The van der Waals surface area contributed by atoms with Crippen molar-refractivity contribution in [2.45, 2.75) is 39.2 Å². The lowest BCUT2D eigenvalue weighted by molar-refractivity contribution is 0.128. The fraction of sp³-hybridized carbons (Fsp3) is 0.765. The first-order chi connectivity index (χ1) is 11.6. The van der Waals surface area contributed by atoms with Crippen LogP contribution in [0.4, 0.5) is 0 Å². The molecule has 0 atom stereocenters. The van der Waals surface area contributed by atoms with Gasteiger partial charge in [0.05, 0.1) is 17.3 Å². The Morgan fingerprint density at radius 2 is 2.12 bits per heavy atom. The molecule has 6 nitrogen and oxygen atoms in total. The highest BCUT2D eigenvalue weighted by atomic mass is 32.1. The van der Waals surface area contributed by atoms with Crippen LogP contribution >= 0.6 is 11.3 Å². The molecule has 1 aliphatic heterocycles. The fourth-order valence-electron chi connectivity index (χ4n) is 3.01. The zero-order chi connectivity index (χ0) is 17.4. The molecule has 2 heterocycles. The molecule has 0 spiro atoms. The summed E-state index contributed by atoms with van der Waals surface area (Å²) < 4.78 is 5.15. The predicted octanol–water partition coefficient (Wildman–Crippen LogP) is 1.58. The van der Waals surface area contributed by atoms with Gasteiger partial charge in [-0.1, -0.05) is 0 Å². The Bertz CT molecular complexity index is 523. The van der Waals surface area contributed by atoms with Crippen molar-refractivity contribution < 1.29 is 4.74 Å². The minimum absolute atomic E-state index is 0.502. The first kappa shape index (κ1) is 19.1. The lowest BCUT2D eigenvalue weighted by atomic mass is 10.1. The summed E-state index contributed by atoms with van der Waals surface area (Å²) in [6.45, 7) is 9.13. The molecule has 0 saturated carbocycles. The average Bonchev–Trinajstić information content (AvgIpc) is 2.90. The van der Waals surface area contributed by atoms with Crippen LogP contribution in [0.25, 0.3) is 0 Å². The van der Waals surface area contributed by atoms with Gasteiger partial charge in [0, 0.05) is 57.7 Å². The summed E-state index contributed by atoms with van der Waals surface area (Å²) in [5.41, 5.74) is 1.16. The summed E-state index contributed by atoms with van der Waals surface area (Å²) in [7, 11) is 3.60. The third kappa shape index (κ3) is 6.03. The Balaban J connectivity index is 1.68. The Hall–Kier alpha value is -1.18. The van der Waals surface area contributed by atoms with Crippen LogP contribution in [0.5, 0.6) is 0 Å². The van der Waals surface area contributed by atoms with Gasteiger partial charge in [-0.25, -0.2) is 4.98 Å². The maximum absolute atomic E-state index is 5.15. The smallest absolute Gasteiger partial charge is 0.191 e. The molecular weight excluding hydrogens is 322 g/mol. The van der Waals surface area contributed by atoms with Gasteiger partial charge < -0.3 is 20.3 Å². The number of likely N-dealkylation sites (tertiary alicyclic amines) is 1. The molecule has 24 heavy (non-hydrogen) atoms. The van der Waals surface area contributed by atoms with E-state index in [-0.39, 0.29) is 0 Å². The normalized spacial score (nSPS) is 17.2. The van der Waals surface area contributed by atoms with Crippen molar-refractivity contribution >= 4 is 17.3 Å². The van der Waals surface area contributed by atoms with Crippen molar-refractivity contribution in [2.24, 2.45) is 4.99 Å². The molecule has 2 N–H and O–H groups in total. The number of piperidine rings is 1. The van der Waals surface area contributed by atoms with Crippen molar-refractivity contribution in [3.8, 4) is 0 Å². The first-order valence-corrected chi connectivity index (χ1v) is 9.55. The van der Waals surface area contributed by atoms with Gasteiger partial charge in [0.15, 0.2) is 5.96 Å². The number of guanidine groups is 1. The maximum atomic E-state index is 5.15. The number of nitrogens with one attached hydrogen (secondary N) is 2. The topological polar surface area (TPSA) is 61.8 Å². The minimum Gasteiger partial charge on any atom is -0.383 e. The van der Waals surface area contributed by atoms with Crippen LogP contribution in [0.15, 0.2) is 4.99 Å². The average molecular weight is 354 g/mol. The number of rotatable bonds is 7. The van der Waals surface area contributed by atoms with E-state index in [0.29, 0.717) is 6.04 Å². The Morgan fingerprint density at radius 1 is 1.38 bits per heavy atom. The highest BCUT2D eigenvalue weighted by Crippen LogP contribution is 2.17. The molecule has 136 valence electrons. The molecule has 0 amide bonds. The lowest BCUT2D eigenvalue weighted by Gasteiger charge is -2.32. The Kier molecular flexibility index (Phi) is 7.94. The van der Waals surface area contributed by atoms with Crippen molar-refractivity contribution in [3.63, 3.8) is 0 Å². The van der Waals surface area contributed by atoms with Crippen molar-refractivity contribution in [1.82, 2.24) is 20.5 Å². The first-order valence-electron chi connectivity index (χ1n) is 8.73. The predicted molar refractivity (Wildman–Crippen MR) is 101 cm³/mol. The van der Waals surface area contributed by atoms with Gasteiger partial charge in [0.1, 0.15) is 0 Å². The van der Waals surface area contributed by atoms with Crippen molar-refractivity contribution in [2.75, 3.05) is 46.9 Å². The van der Waals surface area contributed by atoms with Crippen LogP contribution in [0.1, 0.15) is 28.4 Å². The number of nitrogens with zero attached hydrogens (tertiary/aromatic N) is 3. The van der Waals surface area contributed by atoms with Gasteiger partial charge in [-0.05, 0) is 26.7 Å². The molecule has 1 aromatic heterocycles. The zero-order valence-electron chi connectivity index (χ0n) is 15.4. The van der Waals surface area contributed by atoms with Gasteiger partial charge in [-0.3, -0.25) is 4.99 Å². The molecule has 1 aliphatic rings. The summed E-state index contributed by atoms with van der Waals surface area (Å²) in [6.07, 6.45) is 3.29. The van der Waals surface area contributed by atoms with E-state index >= 15 is 0 Å². The van der Waals surface area contributed by atoms with Gasteiger partial charge >= 0.3 is 0 Å². The molecule has 0 aliphatic carbocycles. The third-order valence-corrected chi connectivity index (χ3v) is 5.54. The summed E-state index contributed by atoms with van der Waals surface area (Å²) in [4.78, 5) is 12.7. The summed E-state index contributed by atoms with van der Waals surface area (Å²) in [6, 6.07) is 0.502. The summed E-state index contributed by atoms with van der Waals surface area (Å²) in [5, 5.41) is 8.13. The Morgan fingerprint density at radius 3 is 2.71 bits per heavy atom. The van der Waals surface area contributed by atoms with Crippen LogP contribution in [-0.2, 0) is 11.2 Å². The van der Waals surface area contributed by atoms with Crippen molar-refractivity contribution in [1.29, 1.82) is 0 Å². The van der Waals surface area contributed by atoms with E-state index in [4.69, 9.17) is 4.74 Å². The second kappa shape index (κ2) is 9.96. The SMILES string of the molecule is CN=C(NCCc1sc(C)nc1C)NC1CCN(CCOC)CC1. The fourth-order valence-corrected chi connectivity index (χ4v) is 3.95. The van der Waals surface area contributed by atoms with Crippen molar-refractivity contribution in [3.05, 3.63) is 15.6 Å².